The molecule has 0 saturated heterocycles. The number of halogens is 1. The van der Waals surface area contributed by atoms with Crippen LogP contribution in [-0.4, -0.2) is 31.5 Å². The van der Waals surface area contributed by atoms with E-state index in [2.05, 4.69) is 0 Å². The summed E-state index contributed by atoms with van der Waals surface area (Å²) >= 11 is 2.05. The summed E-state index contributed by atoms with van der Waals surface area (Å²) in [6, 6.07) is 9.79. The maximum Gasteiger partial charge on any atom is 0.339 e. The predicted molar refractivity (Wildman–Crippen MR) is 119 cm³/mol. The minimum atomic E-state index is -4.39. The van der Waals surface area contributed by atoms with Crippen LogP contribution in [-0.2, 0) is 19.6 Å². The van der Waals surface area contributed by atoms with E-state index < -0.39 is 22.1 Å². The van der Waals surface area contributed by atoms with Gasteiger partial charge in [-0.05, 0) is 77.2 Å². The number of rotatable bonds is 8. The molecule has 7 nitrogen and oxygen atoms in total. The lowest BCUT2D eigenvalue weighted by Gasteiger charge is -2.15. The molecule has 0 heterocycles. The normalized spacial score (nSPS) is 11.4. The van der Waals surface area contributed by atoms with Gasteiger partial charge in [0.25, 0.3) is 10.1 Å². The van der Waals surface area contributed by atoms with E-state index >= 15 is 0 Å². The third-order valence-electron chi connectivity index (χ3n) is 4.28. The highest BCUT2D eigenvalue weighted by atomic mass is 127. The number of carbonyl (C=O) groups is 2. The van der Waals surface area contributed by atoms with Crippen molar-refractivity contribution < 1.29 is 32.0 Å². The Labute approximate surface area is 189 Å². The summed E-state index contributed by atoms with van der Waals surface area (Å²) in [5.41, 5.74) is 1.24. The van der Waals surface area contributed by atoms with Crippen LogP contribution in [0.5, 0.6) is 5.75 Å². The van der Waals surface area contributed by atoms with Crippen LogP contribution in [0.1, 0.15) is 54.1 Å². The van der Waals surface area contributed by atoms with Crippen molar-refractivity contribution in [1.82, 2.24) is 0 Å². The lowest BCUT2D eigenvalue weighted by molar-refractivity contribution is -0.134. The second kappa shape index (κ2) is 10.4. The molecule has 0 aliphatic rings. The molecule has 0 radical (unpaired) electrons. The van der Waals surface area contributed by atoms with Gasteiger partial charge < -0.3 is 9.47 Å². The summed E-state index contributed by atoms with van der Waals surface area (Å²) in [7, 11) is -4.39. The van der Waals surface area contributed by atoms with Crippen molar-refractivity contribution in [3.05, 3.63) is 56.7 Å². The molecule has 30 heavy (non-hydrogen) atoms. The number of hydrogen-bond donors (Lipinski definition) is 1. The minimum Gasteiger partial charge on any atom is -0.462 e. The Kier molecular flexibility index (Phi) is 8.39. The molecule has 0 bridgehead atoms. The third kappa shape index (κ3) is 6.51. The van der Waals surface area contributed by atoms with Gasteiger partial charge in [-0.15, -0.1) is 0 Å². The number of hydrogen-bond acceptors (Lipinski definition) is 6. The molecular weight excluding hydrogens is 523 g/mol. The first kappa shape index (κ1) is 24.3. The van der Waals surface area contributed by atoms with E-state index in [-0.39, 0.29) is 36.0 Å². The van der Waals surface area contributed by atoms with Crippen molar-refractivity contribution >= 4 is 44.6 Å². The van der Waals surface area contributed by atoms with E-state index in [0.717, 1.165) is 3.57 Å². The zero-order valence-corrected chi connectivity index (χ0v) is 19.8. The van der Waals surface area contributed by atoms with Crippen molar-refractivity contribution in [1.29, 1.82) is 0 Å². The maximum absolute atomic E-state index is 12.2. The molecule has 0 aliphatic heterocycles. The van der Waals surface area contributed by atoms with Gasteiger partial charge in [0.1, 0.15) is 5.75 Å². The molecule has 0 amide bonds. The van der Waals surface area contributed by atoms with Crippen LogP contribution in [0.4, 0.5) is 0 Å². The van der Waals surface area contributed by atoms with Crippen LogP contribution in [0.2, 0.25) is 0 Å². The summed E-state index contributed by atoms with van der Waals surface area (Å²) in [5, 5.41) is 0. The largest absolute Gasteiger partial charge is 0.462 e. The van der Waals surface area contributed by atoms with Gasteiger partial charge in [-0.25, -0.2) is 4.79 Å². The number of carbonyl (C=O) groups excluding carboxylic acids is 2. The monoisotopic (exact) mass is 546 g/mol. The second-order valence-electron chi connectivity index (χ2n) is 6.98. The van der Waals surface area contributed by atoms with E-state index in [1.165, 1.54) is 12.1 Å². The molecule has 2 rings (SSSR count). The van der Waals surface area contributed by atoms with E-state index in [1.54, 1.807) is 39.0 Å². The van der Waals surface area contributed by atoms with Crippen molar-refractivity contribution in [2.45, 2.75) is 44.4 Å². The molecule has 2 aromatic carbocycles. The zero-order chi connectivity index (χ0) is 22.5. The molecule has 0 saturated carbocycles. The van der Waals surface area contributed by atoms with Gasteiger partial charge in [-0.1, -0.05) is 26.0 Å². The average Bonchev–Trinajstić information content (AvgIpc) is 2.65. The zero-order valence-electron chi connectivity index (χ0n) is 16.8. The first-order chi connectivity index (χ1) is 14.0. The highest BCUT2D eigenvalue weighted by Crippen LogP contribution is 2.31. The molecule has 9 heteroatoms. The molecule has 0 spiro atoms. The van der Waals surface area contributed by atoms with Gasteiger partial charge in [0.15, 0.2) is 0 Å². The fraction of sp³-hybridized carbons (Fsp3) is 0.333. The Hall–Kier alpha value is -1.98. The van der Waals surface area contributed by atoms with Crippen LogP contribution in [0, 0.1) is 10.5 Å². The number of ether oxygens (including phenoxy) is 2. The van der Waals surface area contributed by atoms with Crippen molar-refractivity contribution in [3.8, 4) is 5.75 Å². The standard InChI is InChI=1S/C21H23IO7S/c1-13(2)16-12-18(14(3)11-19(16)30(25,26)27)29-20(23)9-6-10-28-21(24)15-7-4-5-8-17(15)22/h4-5,7-8,11-13H,6,9-10H2,1-3H3,(H,25,26,27). The number of benzene rings is 2. The smallest absolute Gasteiger partial charge is 0.339 e. The first-order valence-electron chi connectivity index (χ1n) is 9.25. The van der Waals surface area contributed by atoms with Crippen LogP contribution >= 0.6 is 22.6 Å². The quantitative estimate of drug-likeness (QED) is 0.171. The molecule has 162 valence electrons. The van der Waals surface area contributed by atoms with Crippen LogP contribution in [0.25, 0.3) is 0 Å². The van der Waals surface area contributed by atoms with Gasteiger partial charge in [-0.2, -0.15) is 8.42 Å². The molecule has 0 aromatic heterocycles. The Morgan fingerprint density at radius 3 is 2.43 bits per heavy atom. The third-order valence-corrected chi connectivity index (χ3v) is 6.13. The summed E-state index contributed by atoms with van der Waals surface area (Å²) in [6.45, 7) is 5.20. The summed E-state index contributed by atoms with van der Waals surface area (Å²) in [5.74, 6) is -0.962. The lowest BCUT2D eigenvalue weighted by atomic mass is 10.0. The van der Waals surface area contributed by atoms with Gasteiger partial charge in [0.05, 0.1) is 17.1 Å². The SMILES string of the molecule is Cc1cc(S(=O)(=O)O)c(C(C)C)cc1OC(=O)CCCOC(=O)c1ccccc1I. The number of aryl methyl sites for hydroxylation is 1. The average molecular weight is 546 g/mol. The number of esters is 2. The topological polar surface area (TPSA) is 107 Å². The fourth-order valence-electron chi connectivity index (χ4n) is 2.72. The van der Waals surface area contributed by atoms with Gasteiger partial charge in [0.2, 0.25) is 0 Å². The molecule has 2 aromatic rings. The Balaban J connectivity index is 1.96. The van der Waals surface area contributed by atoms with Crippen molar-refractivity contribution in [2.24, 2.45) is 0 Å². The van der Waals surface area contributed by atoms with Crippen LogP contribution < -0.4 is 4.74 Å². The molecule has 0 aliphatic carbocycles. The highest BCUT2D eigenvalue weighted by Gasteiger charge is 2.21. The van der Waals surface area contributed by atoms with E-state index in [9.17, 15) is 22.6 Å². The van der Waals surface area contributed by atoms with Crippen molar-refractivity contribution in [3.63, 3.8) is 0 Å². The summed E-state index contributed by atoms with van der Waals surface area (Å²) < 4.78 is 44.0. The fourth-order valence-corrected chi connectivity index (χ4v) is 4.25. The molecule has 0 unspecified atom stereocenters. The van der Waals surface area contributed by atoms with Gasteiger partial charge >= 0.3 is 11.9 Å². The molecule has 0 atom stereocenters. The van der Waals surface area contributed by atoms with Crippen LogP contribution in [0.15, 0.2) is 41.3 Å². The van der Waals surface area contributed by atoms with E-state index in [4.69, 9.17) is 9.47 Å². The van der Waals surface area contributed by atoms with Gasteiger partial charge in [-0.3, -0.25) is 9.35 Å². The summed E-state index contributed by atoms with van der Waals surface area (Å²) in [6.07, 6.45) is 0.308. The summed E-state index contributed by atoms with van der Waals surface area (Å²) in [4.78, 5) is 24.0. The van der Waals surface area contributed by atoms with Crippen molar-refractivity contribution in [2.75, 3.05) is 6.61 Å². The first-order valence-corrected chi connectivity index (χ1v) is 11.8. The Morgan fingerprint density at radius 1 is 1.17 bits per heavy atom. The van der Waals surface area contributed by atoms with Gasteiger partial charge in [0, 0.05) is 9.99 Å². The Morgan fingerprint density at radius 2 is 1.83 bits per heavy atom. The van der Waals surface area contributed by atoms with Crippen LogP contribution in [0.3, 0.4) is 0 Å². The highest BCUT2D eigenvalue weighted by molar-refractivity contribution is 14.1. The minimum absolute atomic E-state index is 0.0235. The molecular formula is C21H23IO7S. The van der Waals surface area contributed by atoms with E-state index in [1.807, 2.05) is 28.7 Å². The molecule has 0 fully saturated rings. The predicted octanol–water partition coefficient (Wildman–Crippen LogP) is 4.51. The molecule has 1 N–H and O–H groups in total. The van der Waals surface area contributed by atoms with E-state index in [0.29, 0.717) is 16.7 Å². The second-order valence-corrected chi connectivity index (χ2v) is 9.53. The Bertz CT molecular complexity index is 1050. The lowest BCUT2D eigenvalue weighted by Crippen LogP contribution is -2.13. The maximum atomic E-state index is 12.2.